The Morgan fingerprint density at radius 2 is 1.54 bits per heavy atom. The SMILES string of the molecule is CCCCCCCCCCCCC/C=C/CC1NC=CN1CCN. The van der Waals surface area contributed by atoms with Gasteiger partial charge in [0.25, 0.3) is 0 Å². The Kier molecular flexibility index (Phi) is 13.7. The van der Waals surface area contributed by atoms with Gasteiger partial charge in [0, 0.05) is 31.9 Å². The van der Waals surface area contributed by atoms with Crippen molar-refractivity contribution in [1.29, 1.82) is 0 Å². The summed E-state index contributed by atoms with van der Waals surface area (Å²) in [5, 5.41) is 3.38. The van der Waals surface area contributed by atoms with E-state index in [9.17, 15) is 0 Å². The molecule has 0 bridgehead atoms. The highest BCUT2D eigenvalue weighted by atomic mass is 15.3. The maximum atomic E-state index is 5.63. The summed E-state index contributed by atoms with van der Waals surface area (Å²) >= 11 is 0. The van der Waals surface area contributed by atoms with Crippen LogP contribution in [0.15, 0.2) is 24.6 Å². The minimum atomic E-state index is 0.405. The third kappa shape index (κ3) is 10.7. The van der Waals surface area contributed by atoms with Crippen LogP contribution in [-0.2, 0) is 0 Å². The monoisotopic (exact) mass is 335 g/mol. The maximum absolute atomic E-state index is 5.63. The molecule has 3 N–H and O–H groups in total. The Hall–Kier alpha value is -0.960. The van der Waals surface area contributed by atoms with Crippen molar-refractivity contribution < 1.29 is 0 Å². The number of hydrogen-bond donors (Lipinski definition) is 2. The second kappa shape index (κ2) is 15.6. The molecule has 3 nitrogen and oxygen atoms in total. The third-order valence-electron chi connectivity index (χ3n) is 4.84. The van der Waals surface area contributed by atoms with Crippen molar-refractivity contribution in [3.05, 3.63) is 24.6 Å². The first kappa shape index (κ1) is 21.1. The second-order valence-electron chi connectivity index (χ2n) is 7.06. The molecule has 0 fully saturated rings. The number of rotatable bonds is 16. The summed E-state index contributed by atoms with van der Waals surface area (Å²) in [6.45, 7) is 3.93. The summed E-state index contributed by atoms with van der Waals surface area (Å²) < 4.78 is 0. The summed E-state index contributed by atoms with van der Waals surface area (Å²) in [5.41, 5.74) is 5.63. The lowest BCUT2D eigenvalue weighted by Gasteiger charge is -2.23. The zero-order chi connectivity index (χ0) is 17.3. The van der Waals surface area contributed by atoms with Crippen molar-refractivity contribution in [3.63, 3.8) is 0 Å². The molecular weight excluding hydrogens is 294 g/mol. The molecule has 0 aromatic rings. The number of unbranched alkanes of at least 4 members (excludes halogenated alkanes) is 11. The molecule has 1 unspecified atom stereocenters. The zero-order valence-corrected chi connectivity index (χ0v) is 16.0. The minimum absolute atomic E-state index is 0.405. The fourth-order valence-corrected chi connectivity index (χ4v) is 3.30. The molecule has 1 aliphatic rings. The van der Waals surface area contributed by atoms with E-state index in [1.54, 1.807) is 0 Å². The van der Waals surface area contributed by atoms with E-state index < -0.39 is 0 Å². The van der Waals surface area contributed by atoms with Crippen molar-refractivity contribution in [3.8, 4) is 0 Å². The molecule has 0 saturated heterocycles. The summed E-state index contributed by atoms with van der Waals surface area (Å²) in [5.74, 6) is 0. The van der Waals surface area contributed by atoms with Crippen molar-refractivity contribution >= 4 is 0 Å². The van der Waals surface area contributed by atoms with Gasteiger partial charge < -0.3 is 16.0 Å². The topological polar surface area (TPSA) is 41.3 Å². The van der Waals surface area contributed by atoms with Crippen LogP contribution >= 0.6 is 0 Å². The second-order valence-corrected chi connectivity index (χ2v) is 7.06. The maximum Gasteiger partial charge on any atom is 0.102 e. The highest BCUT2D eigenvalue weighted by Gasteiger charge is 2.15. The summed E-state index contributed by atoms with van der Waals surface area (Å²) in [4.78, 5) is 2.28. The number of allylic oxidation sites excluding steroid dienone is 1. The van der Waals surface area contributed by atoms with Crippen LogP contribution in [0.5, 0.6) is 0 Å². The van der Waals surface area contributed by atoms with Crippen LogP contribution in [0.2, 0.25) is 0 Å². The first-order valence-corrected chi connectivity index (χ1v) is 10.4. The van der Waals surface area contributed by atoms with Gasteiger partial charge in [0.2, 0.25) is 0 Å². The molecule has 1 atom stereocenters. The molecule has 0 aromatic heterocycles. The molecule has 0 saturated carbocycles. The summed E-state index contributed by atoms with van der Waals surface area (Å²) in [7, 11) is 0. The van der Waals surface area contributed by atoms with Gasteiger partial charge in [-0.25, -0.2) is 0 Å². The molecule has 0 aromatic carbocycles. The van der Waals surface area contributed by atoms with Crippen molar-refractivity contribution in [2.24, 2.45) is 5.73 Å². The average Bonchev–Trinajstić information content (AvgIpc) is 3.03. The van der Waals surface area contributed by atoms with Crippen molar-refractivity contribution in [2.45, 2.75) is 96.6 Å². The van der Waals surface area contributed by atoms with E-state index >= 15 is 0 Å². The third-order valence-corrected chi connectivity index (χ3v) is 4.84. The van der Waals surface area contributed by atoms with Crippen LogP contribution in [0, 0.1) is 0 Å². The van der Waals surface area contributed by atoms with Gasteiger partial charge in [-0.1, -0.05) is 83.3 Å². The summed E-state index contributed by atoms with van der Waals surface area (Å²) in [6, 6.07) is 0. The molecule has 1 rings (SSSR count). The molecule has 1 heterocycles. The molecule has 3 heteroatoms. The largest absolute Gasteiger partial charge is 0.370 e. The molecule has 140 valence electrons. The predicted molar refractivity (Wildman–Crippen MR) is 107 cm³/mol. The molecule has 0 amide bonds. The first-order valence-electron chi connectivity index (χ1n) is 10.4. The lowest BCUT2D eigenvalue weighted by atomic mass is 10.1. The van der Waals surface area contributed by atoms with Gasteiger partial charge in [-0.3, -0.25) is 0 Å². The number of nitrogens with one attached hydrogen (secondary N) is 1. The van der Waals surface area contributed by atoms with E-state index in [4.69, 9.17) is 5.73 Å². The number of nitrogens with zero attached hydrogens (tertiary/aromatic N) is 1. The van der Waals surface area contributed by atoms with E-state index in [1.165, 1.54) is 77.0 Å². The van der Waals surface area contributed by atoms with Gasteiger partial charge in [-0.05, 0) is 12.8 Å². The quantitative estimate of drug-likeness (QED) is 0.297. The van der Waals surface area contributed by atoms with Crippen LogP contribution < -0.4 is 11.1 Å². The normalized spacial score (nSPS) is 17.1. The highest BCUT2D eigenvalue weighted by molar-refractivity contribution is 4.98. The van der Waals surface area contributed by atoms with Gasteiger partial charge >= 0.3 is 0 Å². The Bertz CT molecular complexity index is 325. The van der Waals surface area contributed by atoms with Crippen molar-refractivity contribution in [1.82, 2.24) is 10.2 Å². The smallest absolute Gasteiger partial charge is 0.102 e. The van der Waals surface area contributed by atoms with Crippen LogP contribution in [0.25, 0.3) is 0 Å². The van der Waals surface area contributed by atoms with Crippen LogP contribution in [0.4, 0.5) is 0 Å². The molecule has 24 heavy (non-hydrogen) atoms. The Labute approximate surface area is 150 Å². The van der Waals surface area contributed by atoms with Gasteiger partial charge in [0.1, 0.15) is 6.17 Å². The van der Waals surface area contributed by atoms with E-state index in [2.05, 4.69) is 35.5 Å². The zero-order valence-electron chi connectivity index (χ0n) is 16.0. The van der Waals surface area contributed by atoms with E-state index in [-0.39, 0.29) is 0 Å². The minimum Gasteiger partial charge on any atom is -0.370 e. The molecule has 1 aliphatic heterocycles. The fourth-order valence-electron chi connectivity index (χ4n) is 3.30. The fraction of sp³-hybridized carbons (Fsp3) is 0.810. The Balaban J connectivity index is 1.83. The molecule has 0 spiro atoms. The van der Waals surface area contributed by atoms with Crippen molar-refractivity contribution in [2.75, 3.05) is 13.1 Å². The van der Waals surface area contributed by atoms with Gasteiger partial charge in [0.05, 0.1) is 0 Å². The standard InChI is InChI=1S/C21H41N3/c1-2-3-4-5-6-7-8-9-10-11-12-13-14-15-16-21-23-18-20-24(21)19-17-22/h14-15,18,20-21,23H,2-13,16-17,19,22H2,1H3/b15-14+. The van der Waals surface area contributed by atoms with Gasteiger partial charge in [0.15, 0.2) is 0 Å². The summed E-state index contributed by atoms with van der Waals surface area (Å²) in [6.07, 6.45) is 27.1. The Morgan fingerprint density at radius 3 is 2.17 bits per heavy atom. The lowest BCUT2D eigenvalue weighted by Crippen LogP contribution is -2.37. The number of nitrogens with two attached hydrogens (primary N) is 1. The number of hydrogen-bond acceptors (Lipinski definition) is 3. The first-order chi connectivity index (χ1) is 11.9. The lowest BCUT2D eigenvalue weighted by molar-refractivity contribution is 0.287. The van der Waals surface area contributed by atoms with Gasteiger partial charge in [-0.2, -0.15) is 0 Å². The van der Waals surface area contributed by atoms with E-state index in [1.807, 2.05) is 6.20 Å². The average molecular weight is 336 g/mol. The molecular formula is C21H41N3. The van der Waals surface area contributed by atoms with E-state index in [0.29, 0.717) is 12.7 Å². The molecule has 0 radical (unpaired) electrons. The van der Waals surface area contributed by atoms with E-state index in [0.717, 1.165) is 13.0 Å². The van der Waals surface area contributed by atoms with Crippen LogP contribution in [-0.4, -0.2) is 24.2 Å². The predicted octanol–water partition coefficient (Wildman–Crippen LogP) is 5.30. The van der Waals surface area contributed by atoms with Gasteiger partial charge in [-0.15, -0.1) is 0 Å². The van der Waals surface area contributed by atoms with Crippen LogP contribution in [0.3, 0.4) is 0 Å². The molecule has 0 aliphatic carbocycles. The van der Waals surface area contributed by atoms with Crippen LogP contribution in [0.1, 0.15) is 90.4 Å². The Morgan fingerprint density at radius 1 is 0.917 bits per heavy atom. The highest BCUT2D eigenvalue weighted by Crippen LogP contribution is 2.12.